The Morgan fingerprint density at radius 1 is 1.42 bits per heavy atom. The molecule has 0 saturated carbocycles. The molecule has 1 aliphatic heterocycles. The lowest BCUT2D eigenvalue weighted by atomic mass is 9.99. The number of pyridine rings is 1. The Kier molecular flexibility index (Phi) is 6.21. The molecule has 24 heavy (non-hydrogen) atoms. The average Bonchev–Trinajstić information content (AvgIpc) is 2.54. The summed E-state index contributed by atoms with van der Waals surface area (Å²) in [5.41, 5.74) is 0.668. The van der Waals surface area contributed by atoms with Gasteiger partial charge in [0.25, 0.3) is 0 Å². The van der Waals surface area contributed by atoms with Gasteiger partial charge in [0.1, 0.15) is 11.4 Å². The highest BCUT2D eigenvalue weighted by Crippen LogP contribution is 2.25. The van der Waals surface area contributed by atoms with Gasteiger partial charge in [0.05, 0.1) is 0 Å². The zero-order valence-electron chi connectivity index (χ0n) is 15.6. The summed E-state index contributed by atoms with van der Waals surface area (Å²) >= 11 is 0. The van der Waals surface area contributed by atoms with E-state index in [9.17, 15) is 4.79 Å². The van der Waals surface area contributed by atoms with E-state index in [0.29, 0.717) is 11.9 Å². The van der Waals surface area contributed by atoms with Crippen LogP contribution >= 0.6 is 0 Å². The van der Waals surface area contributed by atoms with Crippen molar-refractivity contribution in [2.75, 3.05) is 11.4 Å². The van der Waals surface area contributed by atoms with E-state index < -0.39 is 5.60 Å². The van der Waals surface area contributed by atoms with Gasteiger partial charge >= 0.3 is 6.09 Å². The van der Waals surface area contributed by atoms with Crippen LogP contribution in [-0.4, -0.2) is 29.3 Å². The molecule has 1 aliphatic rings. The van der Waals surface area contributed by atoms with Crippen molar-refractivity contribution in [3.8, 4) is 0 Å². The predicted molar refractivity (Wildman–Crippen MR) is 97.3 cm³/mol. The van der Waals surface area contributed by atoms with E-state index in [0.717, 1.165) is 19.4 Å². The molecule has 1 amide bonds. The third-order valence-corrected chi connectivity index (χ3v) is 4.35. The van der Waals surface area contributed by atoms with Crippen molar-refractivity contribution in [2.24, 2.45) is 0 Å². The minimum atomic E-state index is -0.519. The quantitative estimate of drug-likeness (QED) is 0.885. The zero-order valence-corrected chi connectivity index (χ0v) is 15.6. The fraction of sp³-hybridized carbons (Fsp3) is 0.684. The van der Waals surface area contributed by atoms with Crippen LogP contribution in [0.25, 0.3) is 0 Å². The van der Waals surface area contributed by atoms with E-state index in [4.69, 9.17) is 4.74 Å². The lowest BCUT2D eigenvalue weighted by Crippen LogP contribution is -2.42. The van der Waals surface area contributed by atoms with E-state index in [1.807, 2.05) is 40.0 Å². The maximum atomic E-state index is 12.6. The zero-order chi connectivity index (χ0) is 17.7. The Balaban J connectivity index is 2.18. The number of ether oxygens (including phenoxy) is 1. The summed E-state index contributed by atoms with van der Waals surface area (Å²) in [6.07, 6.45) is 6.01. The molecule has 1 aromatic heterocycles. The fourth-order valence-corrected chi connectivity index (χ4v) is 2.88. The van der Waals surface area contributed by atoms with Gasteiger partial charge in [-0.3, -0.25) is 4.90 Å². The second-order valence-corrected chi connectivity index (χ2v) is 7.56. The Bertz CT molecular complexity index is 531. The molecule has 1 N–H and O–H groups in total. The summed E-state index contributed by atoms with van der Waals surface area (Å²) in [7, 11) is 0. The van der Waals surface area contributed by atoms with Crippen LogP contribution in [0.4, 0.5) is 10.6 Å². The monoisotopic (exact) mass is 333 g/mol. The third-order valence-electron chi connectivity index (χ3n) is 4.35. The van der Waals surface area contributed by atoms with E-state index in [-0.39, 0.29) is 12.1 Å². The summed E-state index contributed by atoms with van der Waals surface area (Å²) in [5.74, 6) is 0.651. The molecule has 2 unspecified atom stereocenters. The standard InChI is InChI=1S/C19H31N3O2/c1-6-14(2)22(18(23)24-19(3,4)5)17-11-10-15(13-21-17)16-9-7-8-12-20-16/h10-11,13-14,16,20H,6-9,12H2,1-5H3. The molecular weight excluding hydrogens is 302 g/mol. The summed E-state index contributed by atoms with van der Waals surface area (Å²) < 4.78 is 5.56. The summed E-state index contributed by atoms with van der Waals surface area (Å²) in [4.78, 5) is 18.8. The fourth-order valence-electron chi connectivity index (χ4n) is 2.88. The van der Waals surface area contributed by atoms with E-state index >= 15 is 0 Å². The molecule has 2 atom stereocenters. The number of hydrogen-bond donors (Lipinski definition) is 1. The first-order valence-corrected chi connectivity index (χ1v) is 9.03. The van der Waals surface area contributed by atoms with Crippen LogP contribution in [-0.2, 0) is 4.74 Å². The first kappa shape index (κ1) is 18.7. The van der Waals surface area contributed by atoms with Gasteiger partial charge in [0.2, 0.25) is 0 Å². The topological polar surface area (TPSA) is 54.5 Å². The van der Waals surface area contributed by atoms with Gasteiger partial charge in [-0.05, 0) is 65.1 Å². The molecule has 0 spiro atoms. The molecular formula is C19H31N3O2. The number of anilines is 1. The molecule has 2 rings (SSSR count). The summed E-state index contributed by atoms with van der Waals surface area (Å²) in [6, 6.07) is 4.41. The van der Waals surface area contributed by atoms with Gasteiger partial charge in [0.15, 0.2) is 0 Å². The van der Waals surface area contributed by atoms with Crippen LogP contribution in [0.3, 0.4) is 0 Å². The van der Waals surface area contributed by atoms with Crippen LogP contribution in [0.15, 0.2) is 18.3 Å². The van der Waals surface area contributed by atoms with Gasteiger partial charge in [-0.2, -0.15) is 0 Å². The first-order chi connectivity index (χ1) is 11.3. The lowest BCUT2D eigenvalue weighted by Gasteiger charge is -2.31. The second kappa shape index (κ2) is 7.97. The lowest BCUT2D eigenvalue weighted by molar-refractivity contribution is 0.0566. The molecule has 0 bridgehead atoms. The van der Waals surface area contributed by atoms with Crippen LogP contribution in [0.5, 0.6) is 0 Å². The van der Waals surface area contributed by atoms with Crippen LogP contribution in [0, 0.1) is 0 Å². The summed E-state index contributed by atoms with van der Waals surface area (Å²) in [6.45, 7) is 10.8. The Labute approximate surface area is 145 Å². The van der Waals surface area contributed by atoms with Crippen LogP contribution in [0.2, 0.25) is 0 Å². The highest BCUT2D eigenvalue weighted by atomic mass is 16.6. The van der Waals surface area contributed by atoms with Crippen molar-refractivity contribution in [3.05, 3.63) is 23.9 Å². The number of aromatic nitrogens is 1. The third kappa shape index (κ3) is 4.94. The minimum absolute atomic E-state index is 0.0333. The SMILES string of the molecule is CCC(C)N(C(=O)OC(C)(C)C)c1ccc(C2CCCCN2)cn1. The molecule has 5 nitrogen and oxygen atoms in total. The number of nitrogens with one attached hydrogen (secondary N) is 1. The smallest absolute Gasteiger partial charge is 0.416 e. The van der Waals surface area contributed by atoms with Crippen molar-refractivity contribution in [1.29, 1.82) is 0 Å². The molecule has 0 radical (unpaired) electrons. The van der Waals surface area contributed by atoms with Crippen molar-refractivity contribution in [2.45, 2.75) is 78.0 Å². The molecule has 1 fully saturated rings. The number of carbonyl (C=O) groups excluding carboxylic acids is 1. The number of hydrogen-bond acceptors (Lipinski definition) is 4. The number of nitrogens with zero attached hydrogens (tertiary/aromatic N) is 2. The molecule has 1 aromatic rings. The number of amides is 1. The number of rotatable bonds is 4. The van der Waals surface area contributed by atoms with Gasteiger partial charge in [-0.25, -0.2) is 9.78 Å². The van der Waals surface area contributed by atoms with E-state index in [2.05, 4.69) is 23.3 Å². The van der Waals surface area contributed by atoms with Crippen LogP contribution < -0.4 is 10.2 Å². The Hall–Kier alpha value is -1.62. The predicted octanol–water partition coefficient (Wildman–Crippen LogP) is 4.44. The van der Waals surface area contributed by atoms with E-state index in [1.54, 1.807) is 4.90 Å². The van der Waals surface area contributed by atoms with Gasteiger partial charge in [-0.1, -0.05) is 19.4 Å². The van der Waals surface area contributed by atoms with Gasteiger partial charge in [0, 0.05) is 18.3 Å². The average molecular weight is 333 g/mol. The maximum absolute atomic E-state index is 12.6. The molecule has 0 aliphatic carbocycles. The largest absolute Gasteiger partial charge is 0.443 e. The molecule has 5 heteroatoms. The Morgan fingerprint density at radius 3 is 2.67 bits per heavy atom. The molecule has 1 saturated heterocycles. The highest BCUT2D eigenvalue weighted by molar-refractivity contribution is 5.87. The van der Waals surface area contributed by atoms with Crippen molar-refractivity contribution in [3.63, 3.8) is 0 Å². The number of carbonyl (C=O) groups is 1. The molecule has 134 valence electrons. The molecule has 0 aromatic carbocycles. The normalized spacial score (nSPS) is 19.6. The van der Waals surface area contributed by atoms with Crippen molar-refractivity contribution in [1.82, 2.24) is 10.3 Å². The highest BCUT2D eigenvalue weighted by Gasteiger charge is 2.27. The second-order valence-electron chi connectivity index (χ2n) is 7.56. The maximum Gasteiger partial charge on any atom is 0.416 e. The summed E-state index contributed by atoms with van der Waals surface area (Å²) in [5, 5.41) is 3.53. The van der Waals surface area contributed by atoms with Crippen molar-refractivity contribution >= 4 is 11.9 Å². The van der Waals surface area contributed by atoms with E-state index in [1.165, 1.54) is 18.4 Å². The van der Waals surface area contributed by atoms with Crippen LogP contribution in [0.1, 0.15) is 71.9 Å². The number of piperidine rings is 1. The van der Waals surface area contributed by atoms with Gasteiger partial charge < -0.3 is 10.1 Å². The van der Waals surface area contributed by atoms with Crippen molar-refractivity contribution < 1.29 is 9.53 Å². The first-order valence-electron chi connectivity index (χ1n) is 9.03. The molecule has 2 heterocycles. The van der Waals surface area contributed by atoms with Gasteiger partial charge in [-0.15, -0.1) is 0 Å². The Morgan fingerprint density at radius 2 is 2.17 bits per heavy atom. The minimum Gasteiger partial charge on any atom is -0.443 e.